The number of nitrogens with one attached hydrogen (secondary N) is 2. The number of nitrogens with zero attached hydrogens (tertiary/aromatic N) is 2. The van der Waals surface area contributed by atoms with E-state index in [4.69, 9.17) is 0 Å². The second-order valence-electron chi connectivity index (χ2n) is 7.65. The maximum Gasteiger partial charge on any atom is 0.261 e. The molecule has 0 bridgehead atoms. The molecule has 2 heterocycles. The number of H-pyrrole nitrogens is 1. The summed E-state index contributed by atoms with van der Waals surface area (Å²) in [6, 6.07) is 9.66. The normalized spacial score (nSPS) is 17.2. The van der Waals surface area contributed by atoms with Crippen LogP contribution in [0.3, 0.4) is 0 Å². The average Bonchev–Trinajstić information content (AvgIpc) is 2.74. The van der Waals surface area contributed by atoms with Crippen LogP contribution in [0.4, 0.5) is 11.4 Å². The summed E-state index contributed by atoms with van der Waals surface area (Å²) < 4.78 is 0. The first kappa shape index (κ1) is 18.7. The minimum Gasteiger partial charge on any atom is -0.369 e. The van der Waals surface area contributed by atoms with Crippen molar-refractivity contribution in [3.8, 4) is 0 Å². The van der Waals surface area contributed by atoms with Gasteiger partial charge in [-0.05, 0) is 68.1 Å². The van der Waals surface area contributed by atoms with Crippen LogP contribution in [-0.4, -0.2) is 48.5 Å². The fourth-order valence-electron chi connectivity index (χ4n) is 4.12. The van der Waals surface area contributed by atoms with E-state index >= 15 is 0 Å². The van der Waals surface area contributed by atoms with Gasteiger partial charge in [-0.15, -0.1) is 0 Å². The number of pyridine rings is 1. The molecular weight excluding hydrogens is 352 g/mol. The molecule has 0 unspecified atom stereocenters. The zero-order valence-corrected chi connectivity index (χ0v) is 16.5. The van der Waals surface area contributed by atoms with Crippen molar-refractivity contribution >= 4 is 17.3 Å². The number of hydrogen-bond donors (Lipinski definition) is 2. The van der Waals surface area contributed by atoms with E-state index in [1.165, 1.54) is 5.69 Å². The summed E-state index contributed by atoms with van der Waals surface area (Å²) in [6.07, 6.45) is 4.01. The van der Waals surface area contributed by atoms with Gasteiger partial charge in [-0.2, -0.15) is 0 Å². The molecule has 1 aliphatic heterocycles. The second kappa shape index (κ2) is 8.19. The summed E-state index contributed by atoms with van der Waals surface area (Å²) in [5, 5.41) is 2.87. The van der Waals surface area contributed by atoms with Crippen molar-refractivity contribution in [1.29, 1.82) is 0 Å². The standard InChI is InChI=1S/C22H28N4O2/c1-2-25-11-13-26(14-12-25)18-9-7-17(8-10-18)23-21(27)19-15-16-5-3-4-6-20(16)24-22(19)28/h7-10,15H,2-6,11-14H2,1H3,(H,23,27)(H,24,28). The van der Waals surface area contributed by atoms with E-state index in [0.29, 0.717) is 5.69 Å². The van der Waals surface area contributed by atoms with E-state index in [2.05, 4.69) is 27.0 Å². The first-order chi connectivity index (χ1) is 13.6. The van der Waals surface area contributed by atoms with Crippen LogP contribution in [0.15, 0.2) is 35.1 Å². The molecule has 1 saturated heterocycles. The number of carbonyl (C=O) groups is 1. The van der Waals surface area contributed by atoms with Crippen molar-refractivity contribution in [2.75, 3.05) is 42.9 Å². The summed E-state index contributed by atoms with van der Waals surface area (Å²) in [4.78, 5) is 32.6. The third-order valence-corrected chi connectivity index (χ3v) is 5.89. The number of likely N-dealkylation sites (N-methyl/N-ethyl adjacent to an activating group) is 1. The summed E-state index contributed by atoms with van der Waals surface area (Å²) in [7, 11) is 0. The summed E-state index contributed by atoms with van der Waals surface area (Å²) in [6.45, 7) is 7.49. The van der Waals surface area contributed by atoms with Gasteiger partial charge < -0.3 is 20.1 Å². The predicted octanol–water partition coefficient (Wildman–Crippen LogP) is 2.65. The zero-order valence-electron chi connectivity index (χ0n) is 16.5. The Labute approximate surface area is 165 Å². The summed E-state index contributed by atoms with van der Waals surface area (Å²) in [5.41, 5.74) is 3.85. The molecule has 6 heteroatoms. The maximum absolute atomic E-state index is 12.6. The van der Waals surface area contributed by atoms with Gasteiger partial charge in [-0.25, -0.2) is 0 Å². The summed E-state index contributed by atoms with van der Waals surface area (Å²) in [5.74, 6) is -0.348. The van der Waals surface area contributed by atoms with E-state index in [1.807, 2.05) is 24.3 Å². The largest absolute Gasteiger partial charge is 0.369 e. The topological polar surface area (TPSA) is 68.4 Å². The number of carbonyl (C=O) groups excluding carboxylic acids is 1. The number of aromatic amines is 1. The Balaban J connectivity index is 1.43. The van der Waals surface area contributed by atoms with E-state index in [0.717, 1.165) is 69.7 Å². The Bertz CT molecular complexity index is 896. The van der Waals surface area contributed by atoms with E-state index < -0.39 is 0 Å². The molecule has 28 heavy (non-hydrogen) atoms. The molecule has 4 rings (SSSR count). The number of benzene rings is 1. The van der Waals surface area contributed by atoms with Gasteiger partial charge in [0.25, 0.3) is 11.5 Å². The molecule has 148 valence electrons. The van der Waals surface area contributed by atoms with Crippen molar-refractivity contribution < 1.29 is 4.79 Å². The Morgan fingerprint density at radius 2 is 1.79 bits per heavy atom. The van der Waals surface area contributed by atoms with Crippen LogP contribution in [0.2, 0.25) is 0 Å². The van der Waals surface area contributed by atoms with Gasteiger partial charge in [-0.1, -0.05) is 6.92 Å². The van der Waals surface area contributed by atoms with Gasteiger partial charge in [0.05, 0.1) is 0 Å². The van der Waals surface area contributed by atoms with Gasteiger partial charge in [-0.3, -0.25) is 9.59 Å². The smallest absolute Gasteiger partial charge is 0.261 e. The molecule has 1 aliphatic carbocycles. The molecule has 2 N–H and O–H groups in total. The quantitative estimate of drug-likeness (QED) is 0.856. The van der Waals surface area contributed by atoms with Gasteiger partial charge in [0.1, 0.15) is 5.56 Å². The van der Waals surface area contributed by atoms with Crippen LogP contribution in [0.5, 0.6) is 0 Å². The molecule has 0 radical (unpaired) electrons. The molecule has 0 atom stereocenters. The van der Waals surface area contributed by atoms with Crippen LogP contribution in [0, 0.1) is 0 Å². The number of piperazine rings is 1. The predicted molar refractivity (Wildman–Crippen MR) is 112 cm³/mol. The molecule has 1 amide bonds. The number of aryl methyl sites for hydroxylation is 2. The van der Waals surface area contributed by atoms with Gasteiger partial charge >= 0.3 is 0 Å². The van der Waals surface area contributed by atoms with Gasteiger partial charge in [0.2, 0.25) is 0 Å². The van der Waals surface area contributed by atoms with E-state index in [1.54, 1.807) is 6.07 Å². The minimum atomic E-state index is -0.348. The lowest BCUT2D eigenvalue weighted by atomic mass is 9.95. The molecule has 0 saturated carbocycles. The first-order valence-electron chi connectivity index (χ1n) is 10.3. The lowest BCUT2D eigenvalue weighted by Gasteiger charge is -2.35. The highest BCUT2D eigenvalue weighted by Crippen LogP contribution is 2.21. The maximum atomic E-state index is 12.6. The summed E-state index contributed by atoms with van der Waals surface area (Å²) >= 11 is 0. The molecule has 6 nitrogen and oxygen atoms in total. The number of aromatic nitrogens is 1. The molecule has 1 aromatic heterocycles. The highest BCUT2D eigenvalue weighted by Gasteiger charge is 2.18. The Morgan fingerprint density at radius 1 is 1.07 bits per heavy atom. The highest BCUT2D eigenvalue weighted by atomic mass is 16.2. The van der Waals surface area contributed by atoms with Crippen molar-refractivity contribution in [1.82, 2.24) is 9.88 Å². The fraction of sp³-hybridized carbons (Fsp3) is 0.455. The zero-order chi connectivity index (χ0) is 19.5. The SMILES string of the molecule is CCN1CCN(c2ccc(NC(=O)c3cc4c([nH]c3=O)CCCC4)cc2)CC1. The fourth-order valence-corrected chi connectivity index (χ4v) is 4.12. The molecule has 2 aromatic rings. The van der Waals surface area contributed by atoms with Crippen LogP contribution >= 0.6 is 0 Å². The van der Waals surface area contributed by atoms with Crippen LogP contribution in [-0.2, 0) is 12.8 Å². The van der Waals surface area contributed by atoms with Gasteiger partial charge in [0, 0.05) is 43.2 Å². The van der Waals surface area contributed by atoms with Crippen LogP contribution in [0.1, 0.15) is 41.4 Å². The lowest BCUT2D eigenvalue weighted by Crippen LogP contribution is -2.46. The van der Waals surface area contributed by atoms with Crippen molar-refractivity contribution in [3.63, 3.8) is 0 Å². The average molecular weight is 380 g/mol. The minimum absolute atomic E-state index is 0.195. The number of amides is 1. The molecular formula is C22H28N4O2. The van der Waals surface area contributed by atoms with Crippen molar-refractivity contribution in [2.24, 2.45) is 0 Å². The molecule has 0 spiro atoms. The first-order valence-corrected chi connectivity index (χ1v) is 10.3. The van der Waals surface area contributed by atoms with Crippen molar-refractivity contribution in [3.05, 3.63) is 57.5 Å². The highest BCUT2D eigenvalue weighted by molar-refractivity contribution is 6.04. The molecule has 2 aliphatic rings. The third-order valence-electron chi connectivity index (χ3n) is 5.89. The number of fused-ring (bicyclic) bond motifs is 1. The van der Waals surface area contributed by atoms with Crippen LogP contribution < -0.4 is 15.8 Å². The Morgan fingerprint density at radius 3 is 2.50 bits per heavy atom. The molecule has 1 fully saturated rings. The lowest BCUT2D eigenvalue weighted by molar-refractivity contribution is 0.102. The number of anilines is 2. The van der Waals surface area contributed by atoms with E-state index in [9.17, 15) is 9.59 Å². The van der Waals surface area contributed by atoms with E-state index in [-0.39, 0.29) is 17.0 Å². The number of rotatable bonds is 4. The number of hydrogen-bond acceptors (Lipinski definition) is 4. The monoisotopic (exact) mass is 380 g/mol. The van der Waals surface area contributed by atoms with Crippen molar-refractivity contribution in [2.45, 2.75) is 32.6 Å². The second-order valence-corrected chi connectivity index (χ2v) is 7.65. The Hall–Kier alpha value is -2.60. The van der Waals surface area contributed by atoms with Crippen LogP contribution in [0.25, 0.3) is 0 Å². The van der Waals surface area contributed by atoms with Gasteiger partial charge in [0.15, 0.2) is 0 Å². The Kier molecular flexibility index (Phi) is 5.48. The molecule has 1 aromatic carbocycles. The third kappa shape index (κ3) is 3.97.